The number of aromatic nitrogens is 3. The lowest BCUT2D eigenvalue weighted by Gasteiger charge is -2.32. The van der Waals surface area contributed by atoms with Crippen LogP contribution in [0.1, 0.15) is 54.9 Å². The molecular formula is C30H36BrN5O2S. The molecule has 1 saturated heterocycles. The van der Waals surface area contributed by atoms with Crippen molar-refractivity contribution in [3.63, 3.8) is 0 Å². The number of nitrogens with zero attached hydrogens (tertiary/aromatic N) is 4. The number of likely N-dealkylation sites (N-methyl/N-ethyl adjacent to an activating group) is 1. The third-order valence-corrected chi connectivity index (χ3v) is 9.05. The molecule has 7 nitrogen and oxygen atoms in total. The van der Waals surface area contributed by atoms with Crippen molar-refractivity contribution in [1.29, 1.82) is 0 Å². The largest absolute Gasteiger partial charge is 0.494 e. The van der Waals surface area contributed by atoms with Gasteiger partial charge in [-0.25, -0.2) is 0 Å². The number of aromatic hydroxyl groups is 1. The summed E-state index contributed by atoms with van der Waals surface area (Å²) in [5, 5.41) is 12.4. The second kappa shape index (κ2) is 10.8. The Bertz CT molecular complexity index is 1550. The van der Waals surface area contributed by atoms with Gasteiger partial charge in [-0.2, -0.15) is 0 Å². The fourth-order valence-electron chi connectivity index (χ4n) is 6.04. The topological polar surface area (TPSA) is 61.6 Å². The number of hydrogen-bond donors (Lipinski definition) is 2. The monoisotopic (exact) mass is 609 g/mol. The third-order valence-electron chi connectivity index (χ3n) is 8.16. The SMILES string of the molecule is CC(C)n1c(O)c2n(c1=S)C(c1ccc(OCCCN3CCN(C)CC3)cc1)c1[nH]c3ccc(Br)cc3c1C2. The molecule has 0 amide bonds. The van der Waals surface area contributed by atoms with Crippen molar-refractivity contribution in [2.45, 2.75) is 38.8 Å². The fourth-order valence-corrected chi connectivity index (χ4v) is 6.91. The molecule has 2 aromatic heterocycles. The zero-order valence-corrected chi connectivity index (χ0v) is 25.2. The van der Waals surface area contributed by atoms with Crippen LogP contribution in [0.15, 0.2) is 46.9 Å². The number of H-pyrrole nitrogens is 1. The van der Waals surface area contributed by atoms with Crippen molar-refractivity contribution < 1.29 is 9.84 Å². The molecule has 2 aliphatic rings. The number of nitrogens with one attached hydrogen (secondary N) is 1. The molecule has 6 rings (SSSR count). The van der Waals surface area contributed by atoms with E-state index in [0.717, 1.165) is 71.8 Å². The Morgan fingerprint density at radius 2 is 1.85 bits per heavy atom. The lowest BCUT2D eigenvalue weighted by Crippen LogP contribution is -2.44. The van der Waals surface area contributed by atoms with Crippen molar-refractivity contribution in [2.24, 2.45) is 0 Å². The van der Waals surface area contributed by atoms with Gasteiger partial charge in [0.15, 0.2) is 4.77 Å². The van der Waals surface area contributed by atoms with Gasteiger partial charge in [0.05, 0.1) is 12.3 Å². The number of ether oxygens (including phenoxy) is 1. The normalized spacial score (nSPS) is 18.0. The van der Waals surface area contributed by atoms with Gasteiger partial charge in [0, 0.05) is 66.3 Å². The molecule has 2 aliphatic heterocycles. The molecule has 2 aromatic carbocycles. The number of imidazole rings is 1. The maximum absolute atomic E-state index is 11.3. The van der Waals surface area contributed by atoms with E-state index in [1.165, 1.54) is 10.9 Å². The first-order valence-corrected chi connectivity index (χ1v) is 15.0. The van der Waals surface area contributed by atoms with E-state index in [1.54, 1.807) is 0 Å². The molecule has 0 radical (unpaired) electrons. The second-order valence-electron chi connectivity index (χ2n) is 11.1. The maximum Gasteiger partial charge on any atom is 0.214 e. The van der Waals surface area contributed by atoms with Crippen LogP contribution in [0.25, 0.3) is 10.9 Å². The molecule has 0 spiro atoms. The number of halogens is 1. The first kappa shape index (κ1) is 26.6. The van der Waals surface area contributed by atoms with Gasteiger partial charge >= 0.3 is 0 Å². The Morgan fingerprint density at radius 3 is 2.56 bits per heavy atom. The lowest BCUT2D eigenvalue weighted by molar-refractivity contribution is 0.145. The minimum Gasteiger partial charge on any atom is -0.494 e. The molecule has 4 heterocycles. The zero-order valence-electron chi connectivity index (χ0n) is 22.8. The lowest BCUT2D eigenvalue weighted by atomic mass is 9.93. The van der Waals surface area contributed by atoms with Gasteiger partial charge in [-0.3, -0.25) is 4.57 Å². The molecule has 1 unspecified atom stereocenters. The highest BCUT2D eigenvalue weighted by Crippen LogP contribution is 2.44. The molecule has 0 aliphatic carbocycles. The van der Waals surface area contributed by atoms with Crippen LogP contribution >= 0.6 is 28.1 Å². The number of piperazine rings is 1. The van der Waals surface area contributed by atoms with Crippen molar-refractivity contribution in [1.82, 2.24) is 23.9 Å². The van der Waals surface area contributed by atoms with Crippen LogP contribution in [0.5, 0.6) is 11.6 Å². The molecule has 9 heteroatoms. The Hall–Kier alpha value is -2.59. The quantitative estimate of drug-likeness (QED) is 0.172. The van der Waals surface area contributed by atoms with Crippen LogP contribution in [-0.4, -0.2) is 75.4 Å². The minimum atomic E-state index is -0.167. The maximum atomic E-state index is 11.3. The Kier molecular flexibility index (Phi) is 7.35. The second-order valence-corrected chi connectivity index (χ2v) is 12.4. The summed E-state index contributed by atoms with van der Waals surface area (Å²) in [5.41, 5.74) is 5.36. The predicted molar refractivity (Wildman–Crippen MR) is 162 cm³/mol. The molecule has 39 heavy (non-hydrogen) atoms. The number of rotatable bonds is 7. The first-order chi connectivity index (χ1) is 18.8. The van der Waals surface area contributed by atoms with Gasteiger partial charge in [0.1, 0.15) is 11.8 Å². The highest BCUT2D eigenvalue weighted by Gasteiger charge is 2.34. The summed E-state index contributed by atoms with van der Waals surface area (Å²) >= 11 is 9.59. The van der Waals surface area contributed by atoms with Gasteiger partial charge in [-0.05, 0) is 81.0 Å². The van der Waals surface area contributed by atoms with Crippen LogP contribution in [0.3, 0.4) is 0 Å². The Balaban J connectivity index is 1.28. The van der Waals surface area contributed by atoms with Crippen LogP contribution in [-0.2, 0) is 6.42 Å². The Labute approximate surface area is 243 Å². The van der Waals surface area contributed by atoms with Gasteiger partial charge in [-0.15, -0.1) is 0 Å². The van der Waals surface area contributed by atoms with E-state index in [4.69, 9.17) is 17.0 Å². The summed E-state index contributed by atoms with van der Waals surface area (Å²) in [7, 11) is 2.19. The summed E-state index contributed by atoms with van der Waals surface area (Å²) in [6.45, 7) is 10.4. The summed E-state index contributed by atoms with van der Waals surface area (Å²) in [6, 6.07) is 14.6. The van der Waals surface area contributed by atoms with E-state index in [2.05, 4.69) is 98.6 Å². The van der Waals surface area contributed by atoms with Crippen molar-refractivity contribution in [3.05, 3.63) is 74.2 Å². The van der Waals surface area contributed by atoms with Crippen molar-refractivity contribution in [3.8, 4) is 11.6 Å². The number of fused-ring (bicyclic) bond motifs is 4. The van der Waals surface area contributed by atoms with Crippen LogP contribution < -0.4 is 4.74 Å². The smallest absolute Gasteiger partial charge is 0.214 e. The van der Waals surface area contributed by atoms with E-state index in [1.807, 2.05) is 4.57 Å². The molecule has 0 saturated carbocycles. The number of hydrogen-bond acceptors (Lipinski definition) is 5. The zero-order chi connectivity index (χ0) is 27.3. The van der Waals surface area contributed by atoms with Crippen molar-refractivity contribution in [2.75, 3.05) is 46.4 Å². The predicted octanol–water partition coefficient (Wildman–Crippen LogP) is 6.11. The Morgan fingerprint density at radius 1 is 1.10 bits per heavy atom. The van der Waals surface area contributed by atoms with E-state index in [0.29, 0.717) is 17.8 Å². The van der Waals surface area contributed by atoms with Gasteiger partial charge in [-0.1, -0.05) is 28.1 Å². The third kappa shape index (κ3) is 4.94. The van der Waals surface area contributed by atoms with Gasteiger partial charge in [0.2, 0.25) is 5.88 Å². The summed E-state index contributed by atoms with van der Waals surface area (Å²) in [6.07, 6.45) is 1.63. The van der Waals surface area contributed by atoms with E-state index >= 15 is 0 Å². The molecule has 1 atom stereocenters. The average molecular weight is 611 g/mol. The van der Waals surface area contributed by atoms with Gasteiger partial charge in [0.25, 0.3) is 0 Å². The van der Waals surface area contributed by atoms with E-state index in [-0.39, 0.29) is 18.0 Å². The molecule has 1 fully saturated rings. The molecule has 206 valence electrons. The van der Waals surface area contributed by atoms with Crippen LogP contribution in [0.4, 0.5) is 0 Å². The molecule has 0 bridgehead atoms. The number of benzene rings is 2. The minimum absolute atomic E-state index is 0.0575. The summed E-state index contributed by atoms with van der Waals surface area (Å²) < 4.78 is 11.8. The first-order valence-electron chi connectivity index (χ1n) is 13.8. The van der Waals surface area contributed by atoms with E-state index in [9.17, 15) is 5.11 Å². The summed E-state index contributed by atoms with van der Waals surface area (Å²) in [5.74, 6) is 1.13. The average Bonchev–Trinajstić information content (AvgIpc) is 3.40. The van der Waals surface area contributed by atoms with Crippen molar-refractivity contribution >= 4 is 39.1 Å². The van der Waals surface area contributed by atoms with Gasteiger partial charge < -0.3 is 29.2 Å². The fraction of sp³-hybridized carbons (Fsp3) is 0.433. The molecular weight excluding hydrogens is 574 g/mol. The van der Waals surface area contributed by atoms with E-state index < -0.39 is 0 Å². The molecule has 2 N–H and O–H groups in total. The van der Waals surface area contributed by atoms with Crippen LogP contribution in [0.2, 0.25) is 0 Å². The molecule has 4 aromatic rings. The highest BCUT2D eigenvalue weighted by molar-refractivity contribution is 9.10. The highest BCUT2D eigenvalue weighted by atomic mass is 79.9. The van der Waals surface area contributed by atoms with Crippen LogP contribution in [0, 0.1) is 4.77 Å². The number of aromatic amines is 1. The summed E-state index contributed by atoms with van der Waals surface area (Å²) in [4.78, 5) is 8.59. The standard InChI is InChI=1S/C30H36BrN5O2S/c1-19(2)35-29(37)26-18-24-23-17-21(31)7-10-25(23)32-27(24)28(36(26)30(35)39)20-5-8-22(9-6-20)38-16-4-11-34-14-12-33(3)13-15-34/h5-10,17,19,28,32,37H,4,11-16,18H2,1-3H3.